The second-order valence-corrected chi connectivity index (χ2v) is 5.61. The maximum absolute atomic E-state index is 11.3. The van der Waals surface area contributed by atoms with E-state index in [0.717, 1.165) is 11.3 Å². The molecule has 0 aliphatic carbocycles. The minimum absolute atomic E-state index is 0.0290. The number of benzene rings is 1. The number of anilines is 2. The monoisotopic (exact) mass is 240 g/mol. The van der Waals surface area contributed by atoms with Crippen LogP contribution in [0.1, 0.15) is 12.5 Å². The van der Waals surface area contributed by atoms with E-state index in [4.69, 9.17) is 0 Å². The summed E-state index contributed by atoms with van der Waals surface area (Å²) in [6, 6.07) is 5.02. The average Bonchev–Trinajstić information content (AvgIpc) is 2.57. The maximum Gasteiger partial charge on any atom is 0.232 e. The summed E-state index contributed by atoms with van der Waals surface area (Å²) in [5, 5.41) is 2.69. The van der Waals surface area contributed by atoms with Crippen molar-refractivity contribution in [2.24, 2.45) is 0 Å². The number of nitrogens with one attached hydrogen (secondary N) is 2. The number of amides is 1. The van der Waals surface area contributed by atoms with Crippen molar-refractivity contribution in [3.05, 3.63) is 23.8 Å². The third-order valence-electron chi connectivity index (χ3n) is 2.38. The highest BCUT2D eigenvalue weighted by Gasteiger charge is 2.18. The molecule has 16 heavy (non-hydrogen) atoms. The predicted molar refractivity (Wildman–Crippen MR) is 61.9 cm³/mol. The molecular formula is C10H12N2O3S. The standard InChI is InChI=1S/C10H12N2O3S/c1-2-16(14,15)12-8-3-4-9-7(5-8)6-10(13)11-9/h3-5,12H,2,6H2,1H3,(H,11,13). The van der Waals surface area contributed by atoms with Crippen molar-refractivity contribution in [2.45, 2.75) is 13.3 Å². The molecule has 2 N–H and O–H groups in total. The van der Waals surface area contributed by atoms with Gasteiger partial charge >= 0.3 is 0 Å². The molecule has 1 aromatic rings. The fourth-order valence-corrected chi connectivity index (χ4v) is 2.17. The Balaban J connectivity index is 2.27. The molecule has 0 radical (unpaired) electrons. The molecule has 1 heterocycles. The van der Waals surface area contributed by atoms with E-state index in [-0.39, 0.29) is 11.7 Å². The fourth-order valence-electron chi connectivity index (χ4n) is 1.54. The van der Waals surface area contributed by atoms with Gasteiger partial charge in [0.25, 0.3) is 0 Å². The zero-order valence-corrected chi connectivity index (χ0v) is 9.60. The van der Waals surface area contributed by atoms with E-state index >= 15 is 0 Å². The Bertz CT molecular complexity index is 537. The number of carbonyl (C=O) groups excluding carboxylic acids is 1. The van der Waals surface area contributed by atoms with Gasteiger partial charge in [0.15, 0.2) is 0 Å². The first kappa shape index (κ1) is 10.9. The van der Waals surface area contributed by atoms with Gasteiger partial charge in [0.1, 0.15) is 0 Å². The van der Waals surface area contributed by atoms with Crippen molar-refractivity contribution in [1.82, 2.24) is 0 Å². The second kappa shape index (κ2) is 3.79. The van der Waals surface area contributed by atoms with E-state index in [1.807, 2.05) is 0 Å². The van der Waals surface area contributed by atoms with E-state index in [1.54, 1.807) is 25.1 Å². The number of hydrogen-bond donors (Lipinski definition) is 2. The molecule has 0 fully saturated rings. The van der Waals surface area contributed by atoms with Gasteiger partial charge in [0, 0.05) is 11.4 Å². The lowest BCUT2D eigenvalue weighted by atomic mass is 10.1. The Morgan fingerprint density at radius 3 is 2.88 bits per heavy atom. The van der Waals surface area contributed by atoms with E-state index < -0.39 is 10.0 Å². The van der Waals surface area contributed by atoms with Gasteiger partial charge in [-0.1, -0.05) is 0 Å². The van der Waals surface area contributed by atoms with Crippen LogP contribution in [0.2, 0.25) is 0 Å². The molecule has 1 aliphatic heterocycles. The van der Waals surface area contributed by atoms with Gasteiger partial charge in [-0.15, -0.1) is 0 Å². The molecule has 1 amide bonds. The van der Waals surface area contributed by atoms with Crippen LogP contribution < -0.4 is 10.0 Å². The predicted octanol–water partition coefficient (Wildman–Crippen LogP) is 0.943. The Kier molecular flexibility index (Phi) is 2.59. The molecule has 0 saturated carbocycles. The molecule has 0 bridgehead atoms. The summed E-state index contributed by atoms with van der Waals surface area (Å²) in [4.78, 5) is 11.1. The minimum atomic E-state index is -3.26. The summed E-state index contributed by atoms with van der Waals surface area (Å²) < 4.78 is 25.1. The van der Waals surface area contributed by atoms with E-state index in [9.17, 15) is 13.2 Å². The third kappa shape index (κ3) is 2.16. The molecule has 0 saturated heterocycles. The minimum Gasteiger partial charge on any atom is -0.326 e. The number of carbonyl (C=O) groups is 1. The van der Waals surface area contributed by atoms with Crippen LogP contribution in [0.15, 0.2) is 18.2 Å². The second-order valence-electron chi connectivity index (χ2n) is 3.60. The van der Waals surface area contributed by atoms with Crippen LogP contribution in [-0.4, -0.2) is 20.1 Å². The lowest BCUT2D eigenvalue weighted by Gasteiger charge is -2.07. The van der Waals surface area contributed by atoms with Gasteiger partial charge in [0.05, 0.1) is 12.2 Å². The summed E-state index contributed by atoms with van der Waals surface area (Å²) >= 11 is 0. The molecule has 1 aliphatic rings. The van der Waals surface area contributed by atoms with Gasteiger partial charge in [-0.3, -0.25) is 9.52 Å². The van der Waals surface area contributed by atoms with Crippen molar-refractivity contribution in [1.29, 1.82) is 0 Å². The highest BCUT2D eigenvalue weighted by Crippen LogP contribution is 2.26. The van der Waals surface area contributed by atoms with Crippen LogP contribution in [0.3, 0.4) is 0 Å². The molecule has 5 nitrogen and oxygen atoms in total. The van der Waals surface area contributed by atoms with Crippen molar-refractivity contribution in [3.63, 3.8) is 0 Å². The molecule has 0 atom stereocenters. The van der Waals surface area contributed by atoms with Gasteiger partial charge in [-0.2, -0.15) is 0 Å². The van der Waals surface area contributed by atoms with Crippen molar-refractivity contribution < 1.29 is 13.2 Å². The molecule has 1 aromatic carbocycles. The van der Waals surface area contributed by atoms with Crippen molar-refractivity contribution in [3.8, 4) is 0 Å². The van der Waals surface area contributed by atoms with Crippen LogP contribution in [-0.2, 0) is 21.2 Å². The molecular weight excluding hydrogens is 228 g/mol. The van der Waals surface area contributed by atoms with Crippen molar-refractivity contribution in [2.75, 3.05) is 15.8 Å². The van der Waals surface area contributed by atoms with Gasteiger partial charge in [0.2, 0.25) is 15.9 Å². The van der Waals surface area contributed by atoms with E-state index in [0.29, 0.717) is 12.1 Å². The Hall–Kier alpha value is -1.56. The van der Waals surface area contributed by atoms with E-state index in [1.165, 1.54) is 0 Å². The zero-order chi connectivity index (χ0) is 11.8. The normalized spacial score (nSPS) is 14.4. The molecule has 0 aromatic heterocycles. The van der Waals surface area contributed by atoms with Crippen LogP contribution in [0.4, 0.5) is 11.4 Å². The fraction of sp³-hybridized carbons (Fsp3) is 0.300. The molecule has 0 spiro atoms. The SMILES string of the molecule is CCS(=O)(=O)Nc1ccc2c(c1)CC(=O)N2. The number of fused-ring (bicyclic) bond motifs is 1. The first-order valence-electron chi connectivity index (χ1n) is 4.93. The first-order chi connectivity index (χ1) is 7.50. The van der Waals surface area contributed by atoms with Gasteiger partial charge < -0.3 is 5.32 Å². The Morgan fingerprint density at radius 2 is 2.19 bits per heavy atom. The smallest absolute Gasteiger partial charge is 0.232 e. The summed E-state index contributed by atoms with van der Waals surface area (Å²) in [5.41, 5.74) is 2.07. The summed E-state index contributed by atoms with van der Waals surface area (Å²) in [6.07, 6.45) is 0.303. The lowest BCUT2D eigenvalue weighted by molar-refractivity contribution is -0.115. The number of hydrogen-bond acceptors (Lipinski definition) is 3. The Morgan fingerprint density at radius 1 is 1.44 bits per heavy atom. The highest BCUT2D eigenvalue weighted by atomic mass is 32.2. The highest BCUT2D eigenvalue weighted by molar-refractivity contribution is 7.92. The lowest BCUT2D eigenvalue weighted by Crippen LogP contribution is -2.14. The van der Waals surface area contributed by atoms with Crippen LogP contribution in [0, 0.1) is 0 Å². The third-order valence-corrected chi connectivity index (χ3v) is 3.69. The molecule has 6 heteroatoms. The molecule has 2 rings (SSSR count). The summed E-state index contributed by atoms with van der Waals surface area (Å²) in [7, 11) is -3.26. The molecule has 86 valence electrons. The Labute approximate surface area is 93.9 Å². The topological polar surface area (TPSA) is 75.3 Å². The largest absolute Gasteiger partial charge is 0.326 e. The van der Waals surface area contributed by atoms with Crippen LogP contribution in [0.25, 0.3) is 0 Å². The average molecular weight is 240 g/mol. The summed E-state index contributed by atoms with van der Waals surface area (Å²) in [5.74, 6) is -0.0353. The van der Waals surface area contributed by atoms with Gasteiger partial charge in [-0.05, 0) is 30.7 Å². The first-order valence-corrected chi connectivity index (χ1v) is 6.58. The van der Waals surface area contributed by atoms with Crippen molar-refractivity contribution >= 4 is 27.3 Å². The van der Waals surface area contributed by atoms with E-state index in [2.05, 4.69) is 10.0 Å². The molecule has 0 unspecified atom stereocenters. The number of rotatable bonds is 3. The van der Waals surface area contributed by atoms with Crippen LogP contribution in [0.5, 0.6) is 0 Å². The maximum atomic E-state index is 11.3. The van der Waals surface area contributed by atoms with Gasteiger partial charge in [-0.25, -0.2) is 8.42 Å². The zero-order valence-electron chi connectivity index (χ0n) is 8.78. The quantitative estimate of drug-likeness (QED) is 0.825. The van der Waals surface area contributed by atoms with Crippen LogP contribution >= 0.6 is 0 Å². The summed E-state index contributed by atoms with van der Waals surface area (Å²) in [6.45, 7) is 1.57. The number of sulfonamides is 1.